The number of hydrogen-bond donors (Lipinski definition) is 0. The van der Waals surface area contributed by atoms with Crippen molar-refractivity contribution in [1.82, 2.24) is 14.9 Å². The minimum Gasteiger partial charge on any atom is -0.379 e. The minimum absolute atomic E-state index is 0.0321. The predicted molar refractivity (Wildman–Crippen MR) is 127 cm³/mol. The number of ether oxygens (including phenoxy) is 2. The van der Waals surface area contributed by atoms with E-state index in [0.29, 0.717) is 31.5 Å². The van der Waals surface area contributed by atoms with Gasteiger partial charge in [-0.3, -0.25) is 9.78 Å². The molecule has 0 radical (unpaired) electrons. The van der Waals surface area contributed by atoms with Crippen LogP contribution in [0.5, 0.6) is 0 Å². The molecular formula is C26H35F3N4O3. The molecule has 1 aromatic heterocycles. The van der Waals surface area contributed by atoms with Gasteiger partial charge in [0, 0.05) is 26.8 Å². The highest BCUT2D eigenvalue weighted by Crippen LogP contribution is 2.48. The Morgan fingerprint density at radius 2 is 2.08 bits per heavy atom. The van der Waals surface area contributed by atoms with Crippen molar-refractivity contribution < 1.29 is 27.4 Å². The number of hydrogen-bond acceptors (Lipinski definition) is 6. The summed E-state index contributed by atoms with van der Waals surface area (Å²) in [5.74, 6) is 1.25. The molecule has 2 bridgehead atoms. The molecule has 0 aromatic carbocycles. The van der Waals surface area contributed by atoms with Crippen LogP contribution in [0.15, 0.2) is 24.5 Å². The lowest BCUT2D eigenvalue weighted by atomic mass is 9.72. The molecule has 1 aromatic rings. The molecule has 198 valence electrons. The van der Waals surface area contributed by atoms with Gasteiger partial charge in [0.1, 0.15) is 5.82 Å². The van der Waals surface area contributed by atoms with Gasteiger partial charge in [-0.2, -0.15) is 13.2 Å². The lowest BCUT2D eigenvalue weighted by Gasteiger charge is -2.41. The van der Waals surface area contributed by atoms with Gasteiger partial charge in [0.25, 0.3) is 0 Å². The summed E-state index contributed by atoms with van der Waals surface area (Å²) in [6, 6.07) is -0.0814. The molecule has 3 aliphatic heterocycles. The maximum Gasteiger partial charge on any atom is 0.434 e. The lowest BCUT2D eigenvalue weighted by Crippen LogP contribution is -2.54. The molecule has 0 saturated carbocycles. The zero-order chi connectivity index (χ0) is 25.7. The molecule has 7 nitrogen and oxygen atoms in total. The third-order valence-corrected chi connectivity index (χ3v) is 8.75. The third-order valence-electron chi connectivity index (χ3n) is 8.75. The highest BCUT2D eigenvalue weighted by molar-refractivity contribution is 5.86. The zero-order valence-corrected chi connectivity index (χ0v) is 21.1. The van der Waals surface area contributed by atoms with Gasteiger partial charge in [-0.05, 0) is 43.4 Å². The van der Waals surface area contributed by atoms with Gasteiger partial charge in [0.2, 0.25) is 5.91 Å². The van der Waals surface area contributed by atoms with Crippen molar-refractivity contribution in [2.75, 3.05) is 38.3 Å². The minimum atomic E-state index is -4.54. The molecule has 10 heteroatoms. The molecule has 3 fully saturated rings. The summed E-state index contributed by atoms with van der Waals surface area (Å²) in [6.45, 7) is 6.56. The van der Waals surface area contributed by atoms with E-state index in [2.05, 4.69) is 36.0 Å². The first-order valence-electron chi connectivity index (χ1n) is 12.9. The molecule has 0 unspecified atom stereocenters. The van der Waals surface area contributed by atoms with E-state index in [1.807, 2.05) is 9.80 Å². The highest BCUT2D eigenvalue weighted by atomic mass is 19.4. The Bertz CT molecular complexity index is 1000. The summed E-state index contributed by atoms with van der Waals surface area (Å²) in [6.07, 6.45) is 5.51. The molecule has 0 spiro atoms. The van der Waals surface area contributed by atoms with E-state index in [-0.39, 0.29) is 35.8 Å². The number of rotatable bonds is 6. The van der Waals surface area contributed by atoms with Gasteiger partial charge in [-0.1, -0.05) is 26.0 Å². The number of carbonyl (C=O) groups is 1. The second-order valence-corrected chi connectivity index (χ2v) is 11.1. The van der Waals surface area contributed by atoms with Crippen molar-refractivity contribution in [2.24, 2.45) is 23.2 Å². The number of anilines is 1. The SMILES string of the molecule is CO[C@@H]1COCC[C@@H]1C[C@@H]1C=C[C@@](C(=O)N2C[C@@H]3C[C@H]2CN3c2cncc(C(F)(F)F)n2)(C(C)C)C1. The molecule has 3 saturated heterocycles. The first kappa shape index (κ1) is 25.4. The average molecular weight is 509 g/mol. The number of carbonyl (C=O) groups excluding carboxylic acids is 1. The summed E-state index contributed by atoms with van der Waals surface area (Å²) in [7, 11) is 1.73. The molecule has 1 aliphatic carbocycles. The van der Waals surface area contributed by atoms with Gasteiger partial charge in [0.15, 0.2) is 5.69 Å². The van der Waals surface area contributed by atoms with Crippen LogP contribution in [0.1, 0.15) is 45.2 Å². The summed E-state index contributed by atoms with van der Waals surface area (Å²) in [5, 5.41) is 0. The predicted octanol–water partition coefficient (Wildman–Crippen LogP) is 3.95. The number of fused-ring (bicyclic) bond motifs is 2. The number of amides is 1. The van der Waals surface area contributed by atoms with Crippen molar-refractivity contribution >= 4 is 11.7 Å². The second kappa shape index (κ2) is 9.59. The quantitative estimate of drug-likeness (QED) is 0.543. The monoisotopic (exact) mass is 508 g/mol. The molecule has 0 N–H and O–H groups in total. The van der Waals surface area contributed by atoms with Crippen LogP contribution >= 0.6 is 0 Å². The highest BCUT2D eigenvalue weighted by Gasteiger charge is 2.53. The van der Waals surface area contributed by atoms with E-state index in [9.17, 15) is 18.0 Å². The van der Waals surface area contributed by atoms with E-state index in [0.717, 1.165) is 38.5 Å². The maximum absolute atomic E-state index is 14.0. The number of aromatic nitrogens is 2. The van der Waals surface area contributed by atoms with Crippen LogP contribution in [0, 0.1) is 23.2 Å². The van der Waals surface area contributed by atoms with E-state index in [4.69, 9.17) is 9.47 Å². The number of halogens is 3. The van der Waals surface area contributed by atoms with Crippen LogP contribution in [0.3, 0.4) is 0 Å². The lowest BCUT2D eigenvalue weighted by molar-refractivity contribution is -0.143. The number of likely N-dealkylation sites (tertiary alicyclic amines) is 1. The topological polar surface area (TPSA) is 67.8 Å². The van der Waals surface area contributed by atoms with Crippen molar-refractivity contribution in [1.29, 1.82) is 0 Å². The molecule has 4 aliphatic rings. The van der Waals surface area contributed by atoms with Crippen LogP contribution in [0.25, 0.3) is 0 Å². The number of allylic oxidation sites excluding steroid dienone is 1. The van der Waals surface area contributed by atoms with Gasteiger partial charge >= 0.3 is 6.18 Å². The number of methoxy groups -OCH3 is 1. The number of alkyl halides is 3. The molecule has 4 heterocycles. The normalized spacial score (nSPS) is 34.2. The Labute approximate surface area is 210 Å². The first-order valence-corrected chi connectivity index (χ1v) is 12.9. The summed E-state index contributed by atoms with van der Waals surface area (Å²) in [5.41, 5.74) is -1.54. The fraction of sp³-hybridized carbons (Fsp3) is 0.731. The van der Waals surface area contributed by atoms with E-state index >= 15 is 0 Å². The Kier molecular flexibility index (Phi) is 6.78. The van der Waals surface area contributed by atoms with Crippen molar-refractivity contribution in [3.63, 3.8) is 0 Å². The largest absolute Gasteiger partial charge is 0.434 e. The fourth-order valence-electron chi connectivity index (χ4n) is 6.64. The summed E-state index contributed by atoms with van der Waals surface area (Å²) >= 11 is 0. The van der Waals surface area contributed by atoms with Gasteiger partial charge in [0.05, 0.1) is 42.6 Å². The Hall–Kier alpha value is -2.20. The van der Waals surface area contributed by atoms with Crippen LogP contribution in [-0.2, 0) is 20.4 Å². The van der Waals surface area contributed by atoms with Gasteiger partial charge in [-0.15, -0.1) is 0 Å². The molecule has 1 amide bonds. The number of piperazine rings is 1. The summed E-state index contributed by atoms with van der Waals surface area (Å²) < 4.78 is 50.6. The average Bonchev–Trinajstić information content (AvgIpc) is 3.58. The smallest absolute Gasteiger partial charge is 0.379 e. The first-order chi connectivity index (χ1) is 17.1. The Morgan fingerprint density at radius 3 is 2.75 bits per heavy atom. The van der Waals surface area contributed by atoms with Crippen LogP contribution < -0.4 is 4.90 Å². The molecule has 6 atom stereocenters. The van der Waals surface area contributed by atoms with E-state index in [1.54, 1.807) is 7.11 Å². The van der Waals surface area contributed by atoms with Gasteiger partial charge < -0.3 is 19.3 Å². The molecule has 36 heavy (non-hydrogen) atoms. The molecular weight excluding hydrogens is 473 g/mol. The third kappa shape index (κ3) is 4.51. The summed E-state index contributed by atoms with van der Waals surface area (Å²) in [4.78, 5) is 25.5. The van der Waals surface area contributed by atoms with Crippen LogP contribution in [0.2, 0.25) is 0 Å². The van der Waals surface area contributed by atoms with Crippen molar-refractivity contribution in [3.05, 3.63) is 30.2 Å². The second-order valence-electron chi connectivity index (χ2n) is 11.1. The van der Waals surface area contributed by atoms with Crippen molar-refractivity contribution in [2.45, 2.75) is 63.9 Å². The Morgan fingerprint density at radius 1 is 1.28 bits per heavy atom. The Balaban J connectivity index is 1.26. The van der Waals surface area contributed by atoms with Gasteiger partial charge in [-0.25, -0.2) is 4.98 Å². The van der Waals surface area contributed by atoms with E-state index in [1.165, 1.54) is 6.20 Å². The fourth-order valence-corrected chi connectivity index (χ4v) is 6.64. The van der Waals surface area contributed by atoms with Crippen molar-refractivity contribution in [3.8, 4) is 0 Å². The standard InChI is InChI=1S/C26H35F3N4O3/c1-16(2)25(6-4-17(10-25)8-18-5-7-36-15-21(18)35-3)24(34)33-14-19-9-20(33)13-32(19)23-12-30-11-22(31-23)26(27,28)29/h4,6,11-12,16-21H,5,7-10,13-15H2,1-3H3/t17-,18+,19-,20-,21+,25-/m0/s1. The van der Waals surface area contributed by atoms with E-state index < -0.39 is 17.3 Å². The zero-order valence-electron chi connectivity index (χ0n) is 21.1. The maximum atomic E-state index is 14.0. The van der Waals surface area contributed by atoms with Crippen LogP contribution in [-0.4, -0.2) is 72.4 Å². The molecule has 5 rings (SSSR count). The number of nitrogens with zero attached hydrogens (tertiary/aromatic N) is 4. The van der Waals surface area contributed by atoms with Crippen LogP contribution in [0.4, 0.5) is 19.0 Å².